The highest BCUT2D eigenvalue weighted by Crippen LogP contribution is 2.40. The number of rotatable bonds is 5. The number of amidine groups is 1. The lowest BCUT2D eigenvalue weighted by Crippen LogP contribution is -2.37. The van der Waals surface area contributed by atoms with Gasteiger partial charge in [-0.05, 0) is 55.8 Å². The van der Waals surface area contributed by atoms with Gasteiger partial charge in [-0.3, -0.25) is 14.5 Å². The number of aromatic nitrogens is 1. The van der Waals surface area contributed by atoms with Crippen LogP contribution >= 0.6 is 11.8 Å². The van der Waals surface area contributed by atoms with Crippen molar-refractivity contribution in [2.24, 2.45) is 10.7 Å². The molecule has 2 amide bonds. The third-order valence-corrected chi connectivity index (χ3v) is 7.36. The van der Waals surface area contributed by atoms with Crippen LogP contribution in [-0.4, -0.2) is 32.5 Å². The first-order valence-corrected chi connectivity index (χ1v) is 12.1. The maximum atomic E-state index is 13.6. The number of benzene rings is 2. The molecule has 0 spiro atoms. The Morgan fingerprint density at radius 1 is 1.12 bits per heavy atom. The van der Waals surface area contributed by atoms with Crippen LogP contribution in [0.2, 0.25) is 0 Å². The van der Waals surface area contributed by atoms with E-state index in [-0.39, 0.29) is 18.5 Å². The number of amides is 2. The van der Waals surface area contributed by atoms with Gasteiger partial charge >= 0.3 is 0 Å². The van der Waals surface area contributed by atoms with Gasteiger partial charge in [0.2, 0.25) is 5.91 Å². The first-order chi connectivity index (χ1) is 16.0. The van der Waals surface area contributed by atoms with Crippen molar-refractivity contribution in [1.82, 2.24) is 9.47 Å². The van der Waals surface area contributed by atoms with Crippen LogP contribution in [0.25, 0.3) is 17.0 Å². The average Bonchev–Trinajstić information content (AvgIpc) is 3.49. The average molecular weight is 459 g/mol. The van der Waals surface area contributed by atoms with Gasteiger partial charge in [0.15, 0.2) is 5.17 Å². The molecule has 2 aliphatic rings. The van der Waals surface area contributed by atoms with E-state index in [1.165, 1.54) is 11.8 Å². The standard InChI is InChI=1S/C26H26N4O2S/c1-17-21(20-13-7-8-14-22(20)29(17)16-24(27)31)15-23-25(32)30(19-11-5-6-12-19)26(33-23)28-18-9-3-2-4-10-18/h2-4,7-10,13-15,19H,5-6,11-12,16H2,1H3,(H2,27,31)/b23-15+,28-26?. The highest BCUT2D eigenvalue weighted by Gasteiger charge is 2.39. The lowest BCUT2D eigenvalue weighted by Gasteiger charge is -2.22. The fourth-order valence-electron chi connectivity index (χ4n) is 4.79. The molecule has 2 N–H and O–H groups in total. The number of carbonyl (C=O) groups excluding carboxylic acids is 2. The molecule has 3 aromatic rings. The zero-order chi connectivity index (χ0) is 22.9. The Balaban J connectivity index is 1.60. The van der Waals surface area contributed by atoms with E-state index in [1.807, 2.05) is 77.1 Å². The lowest BCUT2D eigenvalue weighted by molar-refractivity contribution is -0.123. The van der Waals surface area contributed by atoms with Crippen LogP contribution in [-0.2, 0) is 16.1 Å². The SMILES string of the molecule is Cc1c(/C=C2/SC(=Nc3ccccc3)N(C3CCCC3)C2=O)c2ccccc2n1CC(N)=O. The van der Waals surface area contributed by atoms with Gasteiger partial charge in [-0.2, -0.15) is 0 Å². The van der Waals surface area contributed by atoms with Crippen molar-refractivity contribution in [3.8, 4) is 0 Å². The molecule has 168 valence electrons. The Morgan fingerprint density at radius 3 is 2.55 bits per heavy atom. The Kier molecular flexibility index (Phi) is 5.81. The summed E-state index contributed by atoms with van der Waals surface area (Å²) in [6.45, 7) is 2.07. The molecular formula is C26H26N4O2S. The van der Waals surface area contributed by atoms with E-state index in [4.69, 9.17) is 10.7 Å². The monoisotopic (exact) mass is 458 g/mol. The van der Waals surface area contributed by atoms with E-state index in [9.17, 15) is 9.59 Å². The summed E-state index contributed by atoms with van der Waals surface area (Å²) >= 11 is 1.43. The molecule has 0 unspecified atom stereocenters. The van der Waals surface area contributed by atoms with E-state index < -0.39 is 5.91 Å². The molecule has 1 saturated carbocycles. The summed E-state index contributed by atoms with van der Waals surface area (Å²) in [5.74, 6) is -0.387. The number of nitrogens with two attached hydrogens (primary N) is 1. The highest BCUT2D eigenvalue weighted by molar-refractivity contribution is 8.18. The van der Waals surface area contributed by atoms with Crippen LogP contribution in [0.4, 0.5) is 5.69 Å². The van der Waals surface area contributed by atoms with Crippen molar-refractivity contribution in [2.45, 2.75) is 45.2 Å². The van der Waals surface area contributed by atoms with Crippen molar-refractivity contribution >= 4 is 51.4 Å². The Hall–Kier alpha value is -3.32. The summed E-state index contributed by atoms with van der Waals surface area (Å²) in [6, 6.07) is 17.9. The normalized spacial score (nSPS) is 19.4. The molecule has 0 bridgehead atoms. The van der Waals surface area contributed by atoms with E-state index in [0.29, 0.717) is 4.91 Å². The zero-order valence-electron chi connectivity index (χ0n) is 18.5. The lowest BCUT2D eigenvalue weighted by atomic mass is 10.1. The molecule has 1 aliphatic carbocycles. The molecule has 1 saturated heterocycles. The second-order valence-electron chi connectivity index (χ2n) is 8.52. The number of hydrogen-bond donors (Lipinski definition) is 1. The van der Waals surface area contributed by atoms with Crippen molar-refractivity contribution in [2.75, 3.05) is 0 Å². The fraction of sp³-hybridized carbons (Fsp3) is 0.269. The number of fused-ring (bicyclic) bond motifs is 1. The van der Waals surface area contributed by atoms with Crippen LogP contribution in [0.3, 0.4) is 0 Å². The third-order valence-electron chi connectivity index (χ3n) is 6.38. The van der Waals surface area contributed by atoms with Crippen molar-refractivity contribution < 1.29 is 9.59 Å². The first kappa shape index (κ1) is 21.5. The fourth-order valence-corrected chi connectivity index (χ4v) is 5.83. The van der Waals surface area contributed by atoms with E-state index in [1.54, 1.807) is 0 Å². The summed E-state index contributed by atoms with van der Waals surface area (Å²) in [6.07, 6.45) is 6.24. The Bertz CT molecular complexity index is 1290. The maximum absolute atomic E-state index is 13.6. The van der Waals surface area contributed by atoms with Crippen LogP contribution in [0, 0.1) is 6.92 Å². The number of para-hydroxylation sites is 2. The molecule has 0 radical (unpaired) electrons. The smallest absolute Gasteiger partial charge is 0.267 e. The highest BCUT2D eigenvalue weighted by atomic mass is 32.2. The van der Waals surface area contributed by atoms with Crippen LogP contribution < -0.4 is 5.73 Å². The zero-order valence-corrected chi connectivity index (χ0v) is 19.3. The minimum Gasteiger partial charge on any atom is -0.368 e. The maximum Gasteiger partial charge on any atom is 0.267 e. The molecular weight excluding hydrogens is 432 g/mol. The van der Waals surface area contributed by atoms with Crippen molar-refractivity contribution in [3.63, 3.8) is 0 Å². The van der Waals surface area contributed by atoms with Crippen LogP contribution in [0.5, 0.6) is 0 Å². The second kappa shape index (κ2) is 8.90. The predicted octanol–water partition coefficient (Wildman–Crippen LogP) is 4.98. The van der Waals surface area contributed by atoms with Gasteiger partial charge in [0, 0.05) is 28.2 Å². The van der Waals surface area contributed by atoms with E-state index in [0.717, 1.165) is 58.7 Å². The molecule has 5 rings (SSSR count). The molecule has 7 heteroatoms. The largest absolute Gasteiger partial charge is 0.368 e. The molecule has 33 heavy (non-hydrogen) atoms. The minimum atomic E-state index is -0.394. The number of hydrogen-bond acceptors (Lipinski definition) is 4. The summed E-state index contributed by atoms with van der Waals surface area (Å²) in [7, 11) is 0. The Labute approximate surface area is 197 Å². The summed E-state index contributed by atoms with van der Waals surface area (Å²) in [5.41, 5.74) is 9.13. The number of nitrogens with zero attached hydrogens (tertiary/aromatic N) is 3. The molecule has 6 nitrogen and oxygen atoms in total. The molecule has 2 heterocycles. The van der Waals surface area contributed by atoms with Crippen molar-refractivity contribution in [3.05, 3.63) is 70.8 Å². The molecule has 1 aliphatic heterocycles. The molecule has 0 atom stereocenters. The predicted molar refractivity (Wildman–Crippen MR) is 134 cm³/mol. The molecule has 1 aromatic heterocycles. The van der Waals surface area contributed by atoms with Gasteiger partial charge in [-0.1, -0.05) is 49.2 Å². The number of carbonyl (C=O) groups is 2. The summed E-state index contributed by atoms with van der Waals surface area (Å²) in [5, 5.41) is 1.74. The Morgan fingerprint density at radius 2 is 1.82 bits per heavy atom. The van der Waals surface area contributed by atoms with Crippen LogP contribution in [0.1, 0.15) is 36.9 Å². The van der Waals surface area contributed by atoms with E-state index in [2.05, 4.69) is 0 Å². The van der Waals surface area contributed by atoms with Gasteiger partial charge in [-0.15, -0.1) is 0 Å². The minimum absolute atomic E-state index is 0.00714. The second-order valence-corrected chi connectivity index (χ2v) is 9.53. The molecule has 2 fully saturated rings. The quantitative estimate of drug-likeness (QED) is 0.548. The number of primary amides is 1. The van der Waals surface area contributed by atoms with Gasteiger partial charge < -0.3 is 10.3 Å². The van der Waals surface area contributed by atoms with Gasteiger partial charge in [0.1, 0.15) is 6.54 Å². The van der Waals surface area contributed by atoms with Crippen LogP contribution in [0.15, 0.2) is 64.5 Å². The number of thioether (sulfide) groups is 1. The van der Waals surface area contributed by atoms with Gasteiger partial charge in [0.05, 0.1) is 10.6 Å². The van der Waals surface area contributed by atoms with E-state index >= 15 is 0 Å². The topological polar surface area (TPSA) is 80.7 Å². The first-order valence-electron chi connectivity index (χ1n) is 11.3. The summed E-state index contributed by atoms with van der Waals surface area (Å²) < 4.78 is 1.92. The van der Waals surface area contributed by atoms with Gasteiger partial charge in [-0.25, -0.2) is 4.99 Å². The van der Waals surface area contributed by atoms with Crippen molar-refractivity contribution in [1.29, 1.82) is 0 Å². The van der Waals surface area contributed by atoms with Gasteiger partial charge in [0.25, 0.3) is 5.91 Å². The summed E-state index contributed by atoms with van der Waals surface area (Å²) in [4.78, 5) is 32.7. The number of aliphatic imine (C=N–C) groups is 1. The molecule has 2 aromatic carbocycles. The third kappa shape index (κ3) is 4.09.